The van der Waals surface area contributed by atoms with E-state index in [-0.39, 0.29) is 28.1 Å². The van der Waals surface area contributed by atoms with E-state index < -0.39 is 70.1 Å². The fraction of sp³-hybridized carbons (Fsp3) is 0.0690. The van der Waals surface area contributed by atoms with Crippen LogP contribution in [-0.4, -0.2) is 28.0 Å². The number of nitrogens with zero attached hydrogens (tertiary/aromatic N) is 2. The van der Waals surface area contributed by atoms with Crippen LogP contribution in [0.2, 0.25) is 0 Å². The lowest BCUT2D eigenvalue weighted by Crippen LogP contribution is -2.26. The highest BCUT2D eigenvalue weighted by molar-refractivity contribution is 6.55. The van der Waals surface area contributed by atoms with Gasteiger partial charge in [-0.3, -0.25) is 15.1 Å². The second-order valence-corrected chi connectivity index (χ2v) is 9.35. The molecule has 0 fully saturated rings. The number of hydrazone groups is 1. The van der Waals surface area contributed by atoms with Crippen molar-refractivity contribution in [3.05, 3.63) is 101 Å². The summed E-state index contributed by atoms with van der Waals surface area (Å²) in [7, 11) is 0. The number of ether oxygens (including phenoxy) is 1. The molecule has 1 amide bonds. The third-order valence-corrected chi connectivity index (χ3v) is 6.48. The Morgan fingerprint density at radius 2 is 1.47 bits per heavy atom. The fourth-order valence-corrected chi connectivity index (χ4v) is 4.45. The van der Waals surface area contributed by atoms with E-state index in [9.17, 15) is 49.8 Å². The van der Waals surface area contributed by atoms with Crippen LogP contribution in [0.15, 0.2) is 77.9 Å². The number of fused-ring (bicyclic) bond motifs is 1. The maximum absolute atomic E-state index is 14.6. The number of carbonyl (C=O) groups excluding carboxylic acids is 1. The standard InChI is InChI=1S/C29H15F8N3O5/c30-16-11-19(13-1-8-20(31)23(9-13)45-27(43)44)25(41)21(12-16)38-39-24-18-7-4-15(29(35,36)37)10-22(18)40(26(24)42)17-5-2-14(3-6-17)28(32,33)34/h1-12,38,41H,(H,43,44). The monoisotopic (exact) mass is 637 g/mol. The zero-order valence-corrected chi connectivity index (χ0v) is 22.0. The quantitative estimate of drug-likeness (QED) is 0.0674. The van der Waals surface area contributed by atoms with Crippen LogP contribution >= 0.6 is 0 Å². The molecular formula is C29H15F8N3O5. The Hall–Kier alpha value is -5.67. The lowest BCUT2D eigenvalue weighted by molar-refractivity contribution is -0.138. The van der Waals surface area contributed by atoms with Crippen LogP contribution in [0.4, 0.5) is 57.0 Å². The molecular weight excluding hydrogens is 622 g/mol. The summed E-state index contributed by atoms with van der Waals surface area (Å²) in [5, 5.41) is 23.5. The highest BCUT2D eigenvalue weighted by Crippen LogP contribution is 2.42. The first-order chi connectivity index (χ1) is 21.0. The van der Waals surface area contributed by atoms with Crippen LogP contribution in [-0.2, 0) is 17.1 Å². The summed E-state index contributed by atoms with van der Waals surface area (Å²) in [6.07, 6.45) is -11.4. The van der Waals surface area contributed by atoms with Crippen molar-refractivity contribution in [2.24, 2.45) is 5.10 Å². The highest BCUT2D eigenvalue weighted by atomic mass is 19.4. The van der Waals surface area contributed by atoms with Gasteiger partial charge in [-0.2, -0.15) is 31.4 Å². The number of anilines is 3. The molecule has 3 N–H and O–H groups in total. The molecule has 1 aliphatic heterocycles. The van der Waals surface area contributed by atoms with Crippen LogP contribution in [0.1, 0.15) is 16.7 Å². The smallest absolute Gasteiger partial charge is 0.505 e. The molecule has 4 aromatic rings. The fourth-order valence-electron chi connectivity index (χ4n) is 4.45. The van der Waals surface area contributed by atoms with Gasteiger partial charge < -0.3 is 14.9 Å². The molecule has 0 unspecified atom stereocenters. The molecule has 0 aliphatic carbocycles. The lowest BCUT2D eigenvalue weighted by atomic mass is 10.0. The number of amides is 1. The average Bonchev–Trinajstić information content (AvgIpc) is 3.23. The molecule has 0 radical (unpaired) electrons. The number of nitrogens with one attached hydrogen (secondary N) is 1. The van der Waals surface area contributed by atoms with Gasteiger partial charge in [0.1, 0.15) is 17.3 Å². The maximum Gasteiger partial charge on any atom is 0.511 e. The number of carboxylic acid groups (broad SMARTS) is 1. The minimum absolute atomic E-state index is 0.101. The third kappa shape index (κ3) is 6.07. The van der Waals surface area contributed by atoms with Gasteiger partial charge in [0.15, 0.2) is 17.3 Å². The lowest BCUT2D eigenvalue weighted by Gasteiger charge is -2.19. The molecule has 4 aromatic carbocycles. The number of benzene rings is 4. The van der Waals surface area contributed by atoms with Crippen molar-refractivity contribution in [2.45, 2.75) is 12.4 Å². The molecule has 0 saturated heterocycles. The molecule has 1 aliphatic rings. The number of hydrogen-bond donors (Lipinski definition) is 3. The Labute approximate surface area is 246 Å². The number of phenolic OH excluding ortho intramolecular Hbond substituents is 1. The second kappa shape index (κ2) is 11.1. The van der Waals surface area contributed by atoms with Crippen molar-refractivity contribution < 1.29 is 59.7 Å². The van der Waals surface area contributed by atoms with E-state index in [1.807, 2.05) is 0 Å². The summed E-state index contributed by atoms with van der Waals surface area (Å²) < 4.78 is 113. The van der Waals surface area contributed by atoms with Gasteiger partial charge in [0.05, 0.1) is 16.8 Å². The van der Waals surface area contributed by atoms with Crippen LogP contribution in [0.5, 0.6) is 11.5 Å². The predicted octanol–water partition coefficient (Wildman–Crippen LogP) is 7.93. The SMILES string of the molecule is O=C(O)Oc1cc(-c2cc(F)cc(NN=C3C(=O)N(c4ccc(C(F)(F)F)cc4)c4cc(C(F)(F)F)ccc43)c2O)ccc1F. The second-order valence-electron chi connectivity index (χ2n) is 9.35. The van der Waals surface area contributed by atoms with Crippen molar-refractivity contribution >= 4 is 34.8 Å². The van der Waals surface area contributed by atoms with E-state index >= 15 is 0 Å². The summed E-state index contributed by atoms with van der Waals surface area (Å²) >= 11 is 0. The molecule has 8 nitrogen and oxygen atoms in total. The zero-order chi connectivity index (χ0) is 32.8. The van der Waals surface area contributed by atoms with Gasteiger partial charge in [0.25, 0.3) is 5.91 Å². The van der Waals surface area contributed by atoms with Crippen molar-refractivity contribution in [3.63, 3.8) is 0 Å². The van der Waals surface area contributed by atoms with E-state index in [4.69, 9.17) is 5.11 Å². The Morgan fingerprint density at radius 1 is 0.822 bits per heavy atom. The molecule has 0 spiro atoms. The van der Waals surface area contributed by atoms with Gasteiger partial charge in [-0.05, 0) is 66.2 Å². The Bertz CT molecular complexity index is 1870. The van der Waals surface area contributed by atoms with E-state index in [2.05, 4.69) is 15.3 Å². The zero-order valence-electron chi connectivity index (χ0n) is 22.0. The molecule has 0 atom stereocenters. The number of carbonyl (C=O) groups is 2. The van der Waals surface area contributed by atoms with E-state index in [0.29, 0.717) is 29.2 Å². The van der Waals surface area contributed by atoms with E-state index in [1.54, 1.807) is 0 Å². The van der Waals surface area contributed by atoms with Crippen LogP contribution in [0, 0.1) is 11.6 Å². The molecule has 5 rings (SSSR count). The van der Waals surface area contributed by atoms with Crippen LogP contribution in [0.25, 0.3) is 11.1 Å². The van der Waals surface area contributed by atoms with Crippen molar-refractivity contribution in [1.29, 1.82) is 0 Å². The summed E-state index contributed by atoms with van der Waals surface area (Å²) in [5.41, 5.74) is -2.15. The van der Waals surface area contributed by atoms with E-state index in [1.165, 1.54) is 0 Å². The van der Waals surface area contributed by atoms with Crippen molar-refractivity contribution in [1.82, 2.24) is 0 Å². The predicted molar refractivity (Wildman–Crippen MR) is 142 cm³/mol. The Kier molecular flexibility index (Phi) is 7.60. The first-order valence-corrected chi connectivity index (χ1v) is 12.3. The van der Waals surface area contributed by atoms with Gasteiger partial charge in [0.2, 0.25) is 0 Å². The average molecular weight is 637 g/mol. The molecule has 1 heterocycles. The van der Waals surface area contributed by atoms with Crippen LogP contribution < -0.4 is 15.1 Å². The van der Waals surface area contributed by atoms with Gasteiger partial charge >= 0.3 is 18.5 Å². The summed E-state index contributed by atoms with van der Waals surface area (Å²) in [4.78, 5) is 25.0. The molecule has 0 bridgehead atoms. The summed E-state index contributed by atoms with van der Waals surface area (Å²) in [6, 6.07) is 9.51. The largest absolute Gasteiger partial charge is 0.511 e. The normalized spacial score (nSPS) is 14.1. The van der Waals surface area contributed by atoms with Gasteiger partial charge in [-0.25, -0.2) is 13.6 Å². The van der Waals surface area contributed by atoms with Gasteiger partial charge in [0, 0.05) is 22.9 Å². The molecule has 45 heavy (non-hydrogen) atoms. The molecule has 0 aromatic heterocycles. The third-order valence-electron chi connectivity index (χ3n) is 6.48. The number of alkyl halides is 6. The van der Waals surface area contributed by atoms with Gasteiger partial charge in [-0.1, -0.05) is 6.07 Å². The number of rotatable bonds is 5. The first-order valence-electron chi connectivity index (χ1n) is 12.3. The highest BCUT2D eigenvalue weighted by Gasteiger charge is 2.39. The number of halogens is 8. The van der Waals surface area contributed by atoms with Crippen molar-refractivity contribution in [2.75, 3.05) is 10.3 Å². The molecule has 232 valence electrons. The summed E-state index contributed by atoms with van der Waals surface area (Å²) in [5.74, 6) is -4.61. The minimum atomic E-state index is -4.85. The topological polar surface area (TPSA) is 111 Å². The Balaban J connectivity index is 1.56. The number of phenols is 1. The number of aromatic hydroxyl groups is 1. The molecule has 0 saturated carbocycles. The number of hydrogen-bond acceptors (Lipinski definition) is 6. The Morgan fingerprint density at radius 3 is 2.09 bits per heavy atom. The maximum atomic E-state index is 14.6. The van der Waals surface area contributed by atoms with Crippen molar-refractivity contribution in [3.8, 4) is 22.6 Å². The van der Waals surface area contributed by atoms with Crippen LogP contribution in [0.3, 0.4) is 0 Å². The minimum Gasteiger partial charge on any atom is -0.505 e. The van der Waals surface area contributed by atoms with E-state index in [0.717, 1.165) is 48.5 Å². The first kappa shape index (κ1) is 30.8. The summed E-state index contributed by atoms with van der Waals surface area (Å²) in [6.45, 7) is 0. The molecule has 16 heteroatoms. The van der Waals surface area contributed by atoms with Gasteiger partial charge in [-0.15, -0.1) is 0 Å².